The van der Waals surface area contributed by atoms with E-state index >= 15 is 0 Å². The highest BCUT2D eigenvalue weighted by Gasteiger charge is 2.14. The molecule has 1 N–H and O–H groups in total. The molecule has 0 radical (unpaired) electrons. The van der Waals surface area contributed by atoms with Gasteiger partial charge in [-0.05, 0) is 30.7 Å². The lowest BCUT2D eigenvalue weighted by Gasteiger charge is -2.19. The number of nitrogens with one attached hydrogen (secondary N) is 1. The van der Waals surface area contributed by atoms with Crippen LogP contribution in [-0.2, 0) is 0 Å². The molecule has 1 unspecified atom stereocenters. The molecule has 2 aromatic rings. The van der Waals surface area contributed by atoms with Gasteiger partial charge in [-0.2, -0.15) is 0 Å². The highest BCUT2D eigenvalue weighted by molar-refractivity contribution is 6.42. The van der Waals surface area contributed by atoms with Gasteiger partial charge in [0.15, 0.2) is 0 Å². The van der Waals surface area contributed by atoms with Gasteiger partial charge in [0.2, 0.25) is 0 Å². The number of rotatable bonds is 5. The van der Waals surface area contributed by atoms with Crippen LogP contribution in [0.4, 0.5) is 5.69 Å². The standard InChI is InChI=1S/C16H17Cl2NO2/c1-10(12-5-4-6-13(17)16(12)18)19-14-8-7-11(20-2)9-15(14)21-3/h4-10,19H,1-3H3. The molecule has 0 aliphatic carbocycles. The van der Waals surface area contributed by atoms with Crippen molar-refractivity contribution in [3.05, 3.63) is 52.0 Å². The second kappa shape index (κ2) is 6.92. The quantitative estimate of drug-likeness (QED) is 0.821. The monoisotopic (exact) mass is 325 g/mol. The van der Waals surface area contributed by atoms with Gasteiger partial charge in [-0.25, -0.2) is 0 Å². The lowest BCUT2D eigenvalue weighted by atomic mass is 10.1. The van der Waals surface area contributed by atoms with Crippen LogP contribution in [0.25, 0.3) is 0 Å². The van der Waals surface area contributed by atoms with E-state index in [4.69, 9.17) is 32.7 Å². The summed E-state index contributed by atoms with van der Waals surface area (Å²) in [6, 6.07) is 11.2. The summed E-state index contributed by atoms with van der Waals surface area (Å²) >= 11 is 12.3. The Morgan fingerprint density at radius 1 is 1.05 bits per heavy atom. The van der Waals surface area contributed by atoms with E-state index in [0.29, 0.717) is 15.8 Å². The van der Waals surface area contributed by atoms with Crippen molar-refractivity contribution in [1.82, 2.24) is 0 Å². The first kappa shape index (κ1) is 15.8. The Hall–Kier alpha value is -1.58. The lowest BCUT2D eigenvalue weighted by Crippen LogP contribution is -2.08. The molecule has 0 saturated heterocycles. The molecular weight excluding hydrogens is 309 g/mol. The topological polar surface area (TPSA) is 30.5 Å². The molecule has 2 aromatic carbocycles. The third-order valence-electron chi connectivity index (χ3n) is 3.23. The van der Waals surface area contributed by atoms with Crippen LogP contribution < -0.4 is 14.8 Å². The zero-order valence-corrected chi connectivity index (χ0v) is 13.6. The number of halogens is 2. The van der Waals surface area contributed by atoms with Gasteiger partial charge in [-0.15, -0.1) is 0 Å². The summed E-state index contributed by atoms with van der Waals surface area (Å²) in [5.41, 5.74) is 1.80. The number of benzene rings is 2. The second-order valence-corrected chi connectivity index (χ2v) is 5.36. The van der Waals surface area contributed by atoms with Crippen LogP contribution in [0.3, 0.4) is 0 Å². The summed E-state index contributed by atoms with van der Waals surface area (Å²) in [4.78, 5) is 0. The molecule has 0 aliphatic rings. The first-order valence-corrected chi connectivity index (χ1v) is 7.25. The van der Waals surface area contributed by atoms with Crippen molar-refractivity contribution >= 4 is 28.9 Å². The summed E-state index contributed by atoms with van der Waals surface area (Å²) in [7, 11) is 3.24. The van der Waals surface area contributed by atoms with Crippen LogP contribution >= 0.6 is 23.2 Å². The van der Waals surface area contributed by atoms with Crippen molar-refractivity contribution < 1.29 is 9.47 Å². The van der Waals surface area contributed by atoms with Gasteiger partial charge in [0.25, 0.3) is 0 Å². The van der Waals surface area contributed by atoms with E-state index in [0.717, 1.165) is 17.0 Å². The van der Waals surface area contributed by atoms with Gasteiger partial charge in [0.1, 0.15) is 11.5 Å². The van der Waals surface area contributed by atoms with Crippen LogP contribution in [0.15, 0.2) is 36.4 Å². The van der Waals surface area contributed by atoms with Crippen molar-refractivity contribution in [3.8, 4) is 11.5 Å². The van der Waals surface area contributed by atoms with Crippen LogP contribution in [0.5, 0.6) is 11.5 Å². The first-order chi connectivity index (χ1) is 10.1. The number of hydrogen-bond acceptors (Lipinski definition) is 3. The highest BCUT2D eigenvalue weighted by atomic mass is 35.5. The predicted octanol–water partition coefficient (Wildman–Crippen LogP) is 5.18. The summed E-state index contributed by atoms with van der Waals surface area (Å²) in [5, 5.41) is 4.48. The maximum Gasteiger partial charge on any atom is 0.145 e. The maximum absolute atomic E-state index is 6.25. The number of hydrogen-bond donors (Lipinski definition) is 1. The minimum absolute atomic E-state index is 0.0153. The van der Waals surface area contributed by atoms with Crippen molar-refractivity contribution in [3.63, 3.8) is 0 Å². The van der Waals surface area contributed by atoms with E-state index in [9.17, 15) is 0 Å². The summed E-state index contributed by atoms with van der Waals surface area (Å²) in [5.74, 6) is 1.45. The molecule has 0 spiro atoms. The Morgan fingerprint density at radius 3 is 2.48 bits per heavy atom. The molecule has 2 rings (SSSR count). The Labute approximate surface area is 134 Å². The number of methoxy groups -OCH3 is 2. The van der Waals surface area contributed by atoms with Gasteiger partial charge >= 0.3 is 0 Å². The predicted molar refractivity (Wildman–Crippen MR) is 88.0 cm³/mol. The third kappa shape index (κ3) is 3.55. The zero-order chi connectivity index (χ0) is 15.4. The molecule has 0 bridgehead atoms. The molecule has 0 saturated carbocycles. The minimum Gasteiger partial charge on any atom is -0.497 e. The van der Waals surface area contributed by atoms with Crippen molar-refractivity contribution in [2.24, 2.45) is 0 Å². The molecule has 5 heteroatoms. The zero-order valence-electron chi connectivity index (χ0n) is 12.1. The fraction of sp³-hybridized carbons (Fsp3) is 0.250. The summed E-state index contributed by atoms with van der Waals surface area (Å²) in [6.07, 6.45) is 0. The minimum atomic E-state index is -0.0153. The van der Waals surface area contributed by atoms with Gasteiger partial charge < -0.3 is 14.8 Å². The molecule has 0 amide bonds. The van der Waals surface area contributed by atoms with Crippen molar-refractivity contribution in [1.29, 1.82) is 0 Å². The normalized spacial score (nSPS) is 11.9. The number of anilines is 1. The van der Waals surface area contributed by atoms with E-state index < -0.39 is 0 Å². The van der Waals surface area contributed by atoms with Gasteiger partial charge in [0.05, 0.1) is 36.0 Å². The Bertz CT molecular complexity index is 632. The molecule has 21 heavy (non-hydrogen) atoms. The first-order valence-electron chi connectivity index (χ1n) is 6.49. The Balaban J connectivity index is 2.27. The average Bonchev–Trinajstić information content (AvgIpc) is 2.50. The molecular formula is C16H17Cl2NO2. The third-order valence-corrected chi connectivity index (χ3v) is 4.06. The summed E-state index contributed by atoms with van der Waals surface area (Å²) in [6.45, 7) is 2.02. The molecule has 3 nitrogen and oxygen atoms in total. The highest BCUT2D eigenvalue weighted by Crippen LogP contribution is 2.35. The van der Waals surface area contributed by atoms with E-state index in [1.807, 2.05) is 37.3 Å². The van der Waals surface area contributed by atoms with E-state index in [2.05, 4.69) is 5.32 Å². The van der Waals surface area contributed by atoms with Crippen LogP contribution in [-0.4, -0.2) is 14.2 Å². The molecule has 112 valence electrons. The molecule has 0 aromatic heterocycles. The fourth-order valence-electron chi connectivity index (χ4n) is 2.08. The maximum atomic E-state index is 6.25. The smallest absolute Gasteiger partial charge is 0.145 e. The molecule has 0 heterocycles. The largest absolute Gasteiger partial charge is 0.497 e. The van der Waals surface area contributed by atoms with Crippen molar-refractivity contribution in [2.45, 2.75) is 13.0 Å². The number of ether oxygens (including phenoxy) is 2. The van der Waals surface area contributed by atoms with Crippen LogP contribution in [0.2, 0.25) is 10.0 Å². The van der Waals surface area contributed by atoms with Crippen LogP contribution in [0.1, 0.15) is 18.5 Å². The molecule has 1 atom stereocenters. The fourth-order valence-corrected chi connectivity index (χ4v) is 2.56. The van der Waals surface area contributed by atoms with Crippen LogP contribution in [0, 0.1) is 0 Å². The van der Waals surface area contributed by atoms with E-state index in [1.165, 1.54) is 0 Å². The van der Waals surface area contributed by atoms with E-state index in [1.54, 1.807) is 20.3 Å². The summed E-state index contributed by atoms with van der Waals surface area (Å²) < 4.78 is 10.6. The van der Waals surface area contributed by atoms with E-state index in [-0.39, 0.29) is 6.04 Å². The van der Waals surface area contributed by atoms with Gasteiger partial charge in [-0.3, -0.25) is 0 Å². The van der Waals surface area contributed by atoms with Gasteiger partial charge in [0, 0.05) is 6.07 Å². The Morgan fingerprint density at radius 2 is 1.81 bits per heavy atom. The molecule has 0 fully saturated rings. The Kier molecular flexibility index (Phi) is 5.21. The SMILES string of the molecule is COc1ccc(NC(C)c2cccc(Cl)c2Cl)c(OC)c1. The second-order valence-electron chi connectivity index (χ2n) is 4.58. The van der Waals surface area contributed by atoms with Gasteiger partial charge in [-0.1, -0.05) is 35.3 Å². The average molecular weight is 326 g/mol. The van der Waals surface area contributed by atoms with Crippen molar-refractivity contribution in [2.75, 3.05) is 19.5 Å². The molecule has 0 aliphatic heterocycles. The lowest BCUT2D eigenvalue weighted by molar-refractivity contribution is 0.395.